The summed E-state index contributed by atoms with van der Waals surface area (Å²) in [5.41, 5.74) is 9.67. The SMILES string of the molecule is COc1ccc(N2CCN(CCC3OCCc4ccc(C(N)=O)cc43)CC2)cc1. The molecule has 0 spiro atoms. The van der Waals surface area contributed by atoms with Gasteiger partial charge in [-0.1, -0.05) is 6.07 Å². The van der Waals surface area contributed by atoms with E-state index in [0.29, 0.717) is 5.56 Å². The van der Waals surface area contributed by atoms with Gasteiger partial charge in [-0.3, -0.25) is 9.69 Å². The van der Waals surface area contributed by atoms with Gasteiger partial charge in [0.1, 0.15) is 5.75 Å². The zero-order valence-electron chi connectivity index (χ0n) is 17.0. The largest absolute Gasteiger partial charge is 0.497 e. The molecule has 0 bridgehead atoms. The van der Waals surface area contributed by atoms with Crippen molar-refractivity contribution in [2.75, 3.05) is 51.3 Å². The maximum atomic E-state index is 11.5. The lowest BCUT2D eigenvalue weighted by molar-refractivity contribution is 0.0289. The average molecular weight is 396 g/mol. The van der Waals surface area contributed by atoms with Crippen molar-refractivity contribution in [1.29, 1.82) is 0 Å². The molecule has 29 heavy (non-hydrogen) atoms. The van der Waals surface area contributed by atoms with E-state index in [-0.39, 0.29) is 12.0 Å². The van der Waals surface area contributed by atoms with Gasteiger partial charge in [0, 0.05) is 44.0 Å². The van der Waals surface area contributed by atoms with Gasteiger partial charge in [-0.2, -0.15) is 0 Å². The molecule has 1 amide bonds. The van der Waals surface area contributed by atoms with Crippen LogP contribution >= 0.6 is 0 Å². The van der Waals surface area contributed by atoms with Gasteiger partial charge in [-0.05, 0) is 60.4 Å². The van der Waals surface area contributed by atoms with Crippen LogP contribution in [0.2, 0.25) is 0 Å². The number of carbonyl (C=O) groups is 1. The summed E-state index contributed by atoms with van der Waals surface area (Å²) >= 11 is 0. The summed E-state index contributed by atoms with van der Waals surface area (Å²) in [7, 11) is 1.69. The minimum Gasteiger partial charge on any atom is -0.497 e. The maximum Gasteiger partial charge on any atom is 0.248 e. The Bertz CT molecular complexity index is 845. The van der Waals surface area contributed by atoms with Crippen LogP contribution in [0, 0.1) is 0 Å². The third-order valence-electron chi connectivity index (χ3n) is 5.99. The van der Waals surface area contributed by atoms with E-state index in [9.17, 15) is 4.79 Å². The van der Waals surface area contributed by atoms with Gasteiger partial charge in [0.05, 0.1) is 19.8 Å². The van der Waals surface area contributed by atoms with Crippen LogP contribution in [0.15, 0.2) is 42.5 Å². The number of methoxy groups -OCH3 is 1. The fourth-order valence-corrected chi connectivity index (χ4v) is 4.24. The highest BCUT2D eigenvalue weighted by Crippen LogP contribution is 2.31. The van der Waals surface area contributed by atoms with Crippen molar-refractivity contribution in [2.24, 2.45) is 5.73 Å². The van der Waals surface area contributed by atoms with Crippen LogP contribution in [0.3, 0.4) is 0 Å². The number of piperazine rings is 1. The van der Waals surface area contributed by atoms with Crippen molar-refractivity contribution in [3.05, 3.63) is 59.2 Å². The second-order valence-corrected chi connectivity index (χ2v) is 7.70. The molecule has 6 heteroatoms. The summed E-state index contributed by atoms with van der Waals surface area (Å²) in [6.07, 6.45) is 1.86. The van der Waals surface area contributed by atoms with Crippen molar-refractivity contribution in [3.8, 4) is 5.75 Å². The van der Waals surface area contributed by atoms with Gasteiger partial charge < -0.3 is 20.1 Å². The molecule has 1 fully saturated rings. The topological polar surface area (TPSA) is 68.0 Å². The van der Waals surface area contributed by atoms with Gasteiger partial charge in [0.2, 0.25) is 5.91 Å². The summed E-state index contributed by atoms with van der Waals surface area (Å²) in [4.78, 5) is 16.5. The first-order chi connectivity index (χ1) is 14.1. The Hall–Kier alpha value is -2.57. The molecule has 154 valence electrons. The average Bonchev–Trinajstić information content (AvgIpc) is 2.77. The van der Waals surface area contributed by atoms with Crippen LogP contribution in [0.1, 0.15) is 34.0 Å². The van der Waals surface area contributed by atoms with Crippen LogP contribution < -0.4 is 15.4 Å². The molecule has 0 aromatic heterocycles. The Morgan fingerprint density at radius 1 is 1.14 bits per heavy atom. The molecule has 2 aliphatic heterocycles. The first-order valence-corrected chi connectivity index (χ1v) is 10.3. The predicted molar refractivity (Wildman–Crippen MR) is 114 cm³/mol. The Morgan fingerprint density at radius 3 is 2.59 bits per heavy atom. The Balaban J connectivity index is 1.32. The number of rotatable bonds is 6. The summed E-state index contributed by atoms with van der Waals surface area (Å²) < 4.78 is 11.3. The number of hydrogen-bond acceptors (Lipinski definition) is 5. The molecule has 0 saturated carbocycles. The Labute approximate surface area is 172 Å². The highest BCUT2D eigenvalue weighted by Gasteiger charge is 2.24. The molecule has 4 rings (SSSR count). The summed E-state index contributed by atoms with van der Waals surface area (Å²) in [5.74, 6) is 0.506. The maximum absolute atomic E-state index is 11.5. The van der Waals surface area contributed by atoms with Crippen molar-refractivity contribution in [1.82, 2.24) is 4.90 Å². The monoisotopic (exact) mass is 395 g/mol. The number of fused-ring (bicyclic) bond motifs is 1. The number of primary amides is 1. The number of amides is 1. The van der Waals surface area contributed by atoms with Gasteiger partial charge in [-0.15, -0.1) is 0 Å². The molecule has 0 radical (unpaired) electrons. The van der Waals surface area contributed by atoms with Crippen LogP contribution in [0.25, 0.3) is 0 Å². The van der Waals surface area contributed by atoms with Crippen LogP contribution in [0.5, 0.6) is 5.75 Å². The molecule has 1 saturated heterocycles. The first kappa shape index (κ1) is 19.7. The van der Waals surface area contributed by atoms with E-state index >= 15 is 0 Å². The predicted octanol–water partition coefficient (Wildman–Crippen LogP) is 2.62. The second kappa shape index (κ2) is 8.84. The zero-order chi connectivity index (χ0) is 20.2. The van der Waals surface area contributed by atoms with Gasteiger partial charge >= 0.3 is 0 Å². The molecule has 2 N–H and O–H groups in total. The fraction of sp³-hybridized carbons (Fsp3) is 0.435. The van der Waals surface area contributed by atoms with Crippen molar-refractivity contribution < 1.29 is 14.3 Å². The van der Waals surface area contributed by atoms with Gasteiger partial charge in [0.25, 0.3) is 0 Å². The molecule has 2 aromatic rings. The van der Waals surface area contributed by atoms with Crippen LogP contribution in [0.4, 0.5) is 5.69 Å². The number of anilines is 1. The van der Waals surface area contributed by atoms with Crippen LogP contribution in [-0.4, -0.2) is 57.2 Å². The minimum absolute atomic E-state index is 0.0395. The second-order valence-electron chi connectivity index (χ2n) is 7.70. The Kier molecular flexibility index (Phi) is 6.02. The van der Waals surface area contributed by atoms with E-state index in [0.717, 1.165) is 63.5 Å². The van der Waals surface area contributed by atoms with Crippen LogP contribution in [-0.2, 0) is 11.2 Å². The molecule has 0 aliphatic carbocycles. The molecule has 6 nitrogen and oxygen atoms in total. The summed E-state index contributed by atoms with van der Waals surface area (Å²) in [6, 6.07) is 14.0. The molecule has 2 aromatic carbocycles. The Morgan fingerprint density at radius 2 is 1.90 bits per heavy atom. The molecule has 1 atom stereocenters. The fourth-order valence-electron chi connectivity index (χ4n) is 4.24. The molecule has 2 aliphatic rings. The quantitative estimate of drug-likeness (QED) is 0.814. The van der Waals surface area contributed by atoms with E-state index < -0.39 is 0 Å². The van der Waals surface area contributed by atoms with Crippen molar-refractivity contribution >= 4 is 11.6 Å². The summed E-state index contributed by atoms with van der Waals surface area (Å²) in [5, 5.41) is 0. The van der Waals surface area contributed by atoms with Crippen molar-refractivity contribution in [2.45, 2.75) is 18.9 Å². The van der Waals surface area contributed by atoms with E-state index in [4.69, 9.17) is 15.2 Å². The van der Waals surface area contributed by atoms with Gasteiger partial charge in [0.15, 0.2) is 0 Å². The standard InChI is InChI=1S/C23H29N3O3/c1-28-20-6-4-19(5-7-20)26-13-11-25(12-14-26)10-8-22-21-16-18(23(24)27)3-2-17(21)9-15-29-22/h2-7,16,22H,8-15H2,1H3,(H2,24,27). The lowest BCUT2D eigenvalue weighted by atomic mass is 9.93. The third kappa shape index (κ3) is 4.54. The zero-order valence-corrected chi connectivity index (χ0v) is 17.0. The van der Waals surface area contributed by atoms with Crippen molar-refractivity contribution in [3.63, 3.8) is 0 Å². The molecule has 2 heterocycles. The highest BCUT2D eigenvalue weighted by molar-refractivity contribution is 5.93. The van der Waals surface area contributed by atoms with E-state index in [1.54, 1.807) is 7.11 Å². The third-order valence-corrected chi connectivity index (χ3v) is 5.99. The lowest BCUT2D eigenvalue weighted by Gasteiger charge is -2.37. The number of hydrogen-bond donors (Lipinski definition) is 1. The molecule has 1 unspecified atom stereocenters. The number of carbonyl (C=O) groups excluding carboxylic acids is 1. The number of benzene rings is 2. The van der Waals surface area contributed by atoms with E-state index in [1.807, 2.05) is 30.3 Å². The first-order valence-electron chi connectivity index (χ1n) is 10.3. The van der Waals surface area contributed by atoms with E-state index in [2.05, 4.69) is 21.9 Å². The number of nitrogens with two attached hydrogens (primary N) is 1. The number of ether oxygens (including phenoxy) is 2. The summed E-state index contributed by atoms with van der Waals surface area (Å²) in [6.45, 7) is 5.82. The minimum atomic E-state index is -0.383. The van der Waals surface area contributed by atoms with E-state index in [1.165, 1.54) is 11.3 Å². The molecular formula is C23H29N3O3. The van der Waals surface area contributed by atoms with Gasteiger partial charge in [-0.25, -0.2) is 0 Å². The smallest absolute Gasteiger partial charge is 0.248 e. The molecular weight excluding hydrogens is 366 g/mol. The lowest BCUT2D eigenvalue weighted by Crippen LogP contribution is -2.46. The highest BCUT2D eigenvalue weighted by atomic mass is 16.5. The number of nitrogens with zero attached hydrogens (tertiary/aromatic N) is 2. The normalized spacial score (nSPS) is 19.6.